The van der Waals surface area contributed by atoms with Gasteiger partial charge < -0.3 is 10.6 Å². The summed E-state index contributed by atoms with van der Waals surface area (Å²) in [6.07, 6.45) is 3.60. The van der Waals surface area contributed by atoms with Gasteiger partial charge in [-0.15, -0.1) is 0 Å². The zero-order valence-corrected chi connectivity index (χ0v) is 11.9. The van der Waals surface area contributed by atoms with Crippen molar-refractivity contribution >= 4 is 17.5 Å². The molecule has 0 bridgehead atoms. The minimum absolute atomic E-state index is 0.0379. The van der Waals surface area contributed by atoms with E-state index < -0.39 is 0 Å². The molecule has 0 aliphatic carbocycles. The number of nitrogens with one attached hydrogen (secondary N) is 2. The van der Waals surface area contributed by atoms with E-state index in [0.717, 1.165) is 5.57 Å². The second kappa shape index (κ2) is 5.13. The number of allylic oxidation sites excluding steroid dienone is 1. The van der Waals surface area contributed by atoms with E-state index in [1.165, 1.54) is 0 Å². The molecule has 4 heteroatoms. The SMILES string of the molecule is CC(C)C1C=C(Cl)NC=C1C(=O)NC(C)(C)C. The van der Waals surface area contributed by atoms with Crippen molar-refractivity contribution in [1.82, 2.24) is 10.6 Å². The number of dihydropyridines is 1. The molecule has 0 spiro atoms. The number of hydrogen-bond acceptors (Lipinski definition) is 2. The van der Waals surface area contributed by atoms with Crippen molar-refractivity contribution in [2.45, 2.75) is 40.2 Å². The van der Waals surface area contributed by atoms with E-state index in [0.29, 0.717) is 11.1 Å². The first-order valence-corrected chi connectivity index (χ1v) is 6.25. The maximum Gasteiger partial charge on any atom is 0.249 e. The highest BCUT2D eigenvalue weighted by atomic mass is 35.5. The molecule has 1 unspecified atom stereocenters. The third-order valence-corrected chi connectivity index (χ3v) is 2.75. The molecule has 1 atom stereocenters. The Labute approximate surface area is 108 Å². The molecule has 96 valence electrons. The van der Waals surface area contributed by atoms with Crippen LogP contribution in [0.1, 0.15) is 34.6 Å². The molecule has 1 heterocycles. The maximum atomic E-state index is 12.1. The summed E-state index contributed by atoms with van der Waals surface area (Å²) in [5.74, 6) is 0.359. The molecule has 0 aromatic carbocycles. The first-order valence-electron chi connectivity index (χ1n) is 5.87. The van der Waals surface area contributed by atoms with Crippen LogP contribution in [0.3, 0.4) is 0 Å². The number of rotatable bonds is 2. The van der Waals surface area contributed by atoms with Crippen molar-refractivity contribution < 1.29 is 4.79 Å². The van der Waals surface area contributed by atoms with Crippen molar-refractivity contribution in [3.8, 4) is 0 Å². The van der Waals surface area contributed by atoms with E-state index in [1.54, 1.807) is 6.20 Å². The molecule has 3 nitrogen and oxygen atoms in total. The summed E-state index contributed by atoms with van der Waals surface area (Å²) in [5.41, 5.74) is 0.504. The highest BCUT2D eigenvalue weighted by molar-refractivity contribution is 6.29. The minimum Gasteiger partial charge on any atom is -0.352 e. The lowest BCUT2D eigenvalue weighted by atomic mass is 9.86. The van der Waals surface area contributed by atoms with Crippen molar-refractivity contribution in [3.63, 3.8) is 0 Å². The number of halogens is 1. The lowest BCUT2D eigenvalue weighted by Crippen LogP contribution is -2.43. The van der Waals surface area contributed by atoms with E-state index in [4.69, 9.17) is 11.6 Å². The third-order valence-electron chi connectivity index (χ3n) is 2.52. The molecule has 1 aliphatic rings. The van der Waals surface area contributed by atoms with E-state index in [1.807, 2.05) is 26.8 Å². The van der Waals surface area contributed by atoms with E-state index in [-0.39, 0.29) is 17.4 Å². The van der Waals surface area contributed by atoms with Gasteiger partial charge >= 0.3 is 0 Å². The quantitative estimate of drug-likeness (QED) is 0.746. The van der Waals surface area contributed by atoms with Gasteiger partial charge in [0.05, 0.1) is 0 Å². The summed E-state index contributed by atoms with van der Waals surface area (Å²) < 4.78 is 0. The van der Waals surface area contributed by atoms with Gasteiger partial charge in [0.2, 0.25) is 5.91 Å². The maximum absolute atomic E-state index is 12.1. The average molecular weight is 257 g/mol. The van der Waals surface area contributed by atoms with Crippen LogP contribution in [0.15, 0.2) is 23.0 Å². The molecular formula is C13H21ClN2O. The predicted octanol–water partition coefficient (Wildman–Crippen LogP) is 2.74. The van der Waals surface area contributed by atoms with Gasteiger partial charge in [0.1, 0.15) is 5.16 Å². The number of amides is 1. The average Bonchev–Trinajstić information content (AvgIpc) is 2.14. The fourth-order valence-electron chi connectivity index (χ4n) is 1.72. The molecule has 0 fully saturated rings. The lowest BCUT2D eigenvalue weighted by molar-refractivity contribution is -0.119. The van der Waals surface area contributed by atoms with Crippen LogP contribution in [0.5, 0.6) is 0 Å². The zero-order chi connectivity index (χ0) is 13.2. The molecule has 0 aromatic heterocycles. The summed E-state index contributed by atoms with van der Waals surface area (Å²) in [6.45, 7) is 10.1. The molecule has 17 heavy (non-hydrogen) atoms. The molecular weight excluding hydrogens is 236 g/mol. The van der Waals surface area contributed by atoms with Gasteiger partial charge in [0.15, 0.2) is 0 Å². The largest absolute Gasteiger partial charge is 0.352 e. The van der Waals surface area contributed by atoms with Crippen LogP contribution < -0.4 is 10.6 Å². The van der Waals surface area contributed by atoms with E-state index in [9.17, 15) is 4.79 Å². The van der Waals surface area contributed by atoms with Gasteiger partial charge in [-0.3, -0.25) is 4.79 Å². The fraction of sp³-hybridized carbons (Fsp3) is 0.615. The van der Waals surface area contributed by atoms with Crippen molar-refractivity contribution in [1.29, 1.82) is 0 Å². The first-order chi connectivity index (χ1) is 7.70. The lowest BCUT2D eigenvalue weighted by Gasteiger charge is -2.28. The van der Waals surface area contributed by atoms with Gasteiger partial charge in [-0.25, -0.2) is 0 Å². The van der Waals surface area contributed by atoms with Crippen LogP contribution in [0, 0.1) is 11.8 Å². The van der Waals surface area contributed by atoms with Gasteiger partial charge in [0.25, 0.3) is 0 Å². The standard InChI is InChI=1S/C13H21ClN2O/c1-8(2)9-6-11(14)15-7-10(9)12(17)16-13(3,4)5/h6-9,15H,1-5H3,(H,16,17). The Bertz CT molecular complexity index is 364. The van der Waals surface area contributed by atoms with Crippen LogP contribution in [-0.4, -0.2) is 11.4 Å². The van der Waals surface area contributed by atoms with Gasteiger partial charge in [0, 0.05) is 23.2 Å². The summed E-state index contributed by atoms with van der Waals surface area (Å²) in [6, 6.07) is 0. The Morgan fingerprint density at radius 1 is 1.47 bits per heavy atom. The third kappa shape index (κ3) is 4.08. The molecule has 0 saturated heterocycles. The van der Waals surface area contributed by atoms with Crippen LogP contribution in [0.4, 0.5) is 0 Å². The van der Waals surface area contributed by atoms with Gasteiger partial charge in [-0.05, 0) is 32.8 Å². The van der Waals surface area contributed by atoms with Gasteiger partial charge in [-0.2, -0.15) is 0 Å². The van der Waals surface area contributed by atoms with Crippen molar-refractivity contribution in [2.24, 2.45) is 11.8 Å². The number of carbonyl (C=O) groups is 1. The molecule has 1 amide bonds. The zero-order valence-electron chi connectivity index (χ0n) is 11.1. The Kier molecular flexibility index (Phi) is 4.26. The molecule has 0 saturated carbocycles. The van der Waals surface area contributed by atoms with E-state index in [2.05, 4.69) is 24.5 Å². The predicted molar refractivity (Wildman–Crippen MR) is 71.4 cm³/mol. The number of hydrogen-bond donors (Lipinski definition) is 2. The molecule has 1 aliphatic heterocycles. The highest BCUT2D eigenvalue weighted by Gasteiger charge is 2.27. The second-order valence-electron chi connectivity index (χ2n) is 5.73. The van der Waals surface area contributed by atoms with Crippen LogP contribution in [0.2, 0.25) is 0 Å². The normalized spacial score (nSPS) is 20.5. The van der Waals surface area contributed by atoms with E-state index >= 15 is 0 Å². The van der Waals surface area contributed by atoms with Crippen LogP contribution in [-0.2, 0) is 4.79 Å². The molecule has 0 aromatic rings. The minimum atomic E-state index is -0.232. The fourth-order valence-corrected chi connectivity index (χ4v) is 1.91. The smallest absolute Gasteiger partial charge is 0.249 e. The topological polar surface area (TPSA) is 41.1 Å². The Morgan fingerprint density at radius 3 is 2.53 bits per heavy atom. The molecule has 0 radical (unpaired) electrons. The summed E-state index contributed by atoms with van der Waals surface area (Å²) >= 11 is 5.93. The van der Waals surface area contributed by atoms with Gasteiger partial charge in [-0.1, -0.05) is 25.4 Å². The Morgan fingerprint density at radius 2 is 2.06 bits per heavy atom. The highest BCUT2D eigenvalue weighted by Crippen LogP contribution is 2.27. The first kappa shape index (κ1) is 14.1. The summed E-state index contributed by atoms with van der Waals surface area (Å²) in [7, 11) is 0. The Balaban J connectivity index is 2.86. The monoisotopic (exact) mass is 256 g/mol. The summed E-state index contributed by atoms with van der Waals surface area (Å²) in [5, 5.41) is 6.44. The Hall–Kier alpha value is -0.960. The van der Waals surface area contributed by atoms with Crippen LogP contribution >= 0.6 is 11.6 Å². The summed E-state index contributed by atoms with van der Waals surface area (Å²) in [4.78, 5) is 12.1. The molecule has 1 rings (SSSR count). The van der Waals surface area contributed by atoms with Crippen molar-refractivity contribution in [2.75, 3.05) is 0 Å². The molecule has 2 N–H and O–H groups in total. The van der Waals surface area contributed by atoms with Crippen molar-refractivity contribution in [3.05, 3.63) is 23.0 Å². The second-order valence-corrected chi connectivity index (χ2v) is 6.14. The van der Waals surface area contributed by atoms with Crippen LogP contribution in [0.25, 0.3) is 0 Å². The number of carbonyl (C=O) groups excluding carboxylic acids is 1.